The van der Waals surface area contributed by atoms with Crippen LogP contribution in [0, 0.1) is 0 Å². The van der Waals surface area contributed by atoms with Gasteiger partial charge in [-0.3, -0.25) is 9.36 Å². The van der Waals surface area contributed by atoms with Gasteiger partial charge in [-0.1, -0.05) is 30.3 Å². The average Bonchev–Trinajstić information content (AvgIpc) is 3.34. The summed E-state index contributed by atoms with van der Waals surface area (Å²) in [6.45, 7) is 2.35. The molecule has 5 aromatic rings. The Morgan fingerprint density at radius 1 is 1.13 bits per heavy atom. The van der Waals surface area contributed by atoms with Crippen molar-refractivity contribution < 1.29 is 0 Å². The van der Waals surface area contributed by atoms with Gasteiger partial charge >= 0.3 is 0 Å². The summed E-state index contributed by atoms with van der Waals surface area (Å²) >= 11 is 3.54. The Balaban J connectivity index is 1.71. The lowest BCUT2D eigenvalue weighted by Gasteiger charge is -2.20. The molecule has 0 radical (unpaired) electrons. The number of hydrogen-bond donors (Lipinski definition) is 1. The summed E-state index contributed by atoms with van der Waals surface area (Å²) in [5.74, 6) is 1.01. The normalized spacial score (nSPS) is 12.6. The van der Waals surface area contributed by atoms with Gasteiger partial charge in [-0.25, -0.2) is 14.5 Å². The summed E-state index contributed by atoms with van der Waals surface area (Å²) in [6.07, 6.45) is 5.10. The van der Waals surface area contributed by atoms with Gasteiger partial charge in [-0.05, 0) is 40.5 Å². The lowest BCUT2D eigenvalue weighted by Crippen LogP contribution is -2.31. The van der Waals surface area contributed by atoms with Crippen LogP contribution in [0.5, 0.6) is 0 Å². The van der Waals surface area contributed by atoms with Gasteiger partial charge in [-0.2, -0.15) is 5.10 Å². The molecule has 0 spiro atoms. The van der Waals surface area contributed by atoms with Crippen LogP contribution in [-0.2, 0) is 6.54 Å². The van der Waals surface area contributed by atoms with Gasteiger partial charge in [0.25, 0.3) is 5.56 Å². The van der Waals surface area contributed by atoms with Gasteiger partial charge in [0.05, 0.1) is 18.0 Å². The van der Waals surface area contributed by atoms with E-state index in [-0.39, 0.29) is 11.6 Å². The van der Waals surface area contributed by atoms with Crippen molar-refractivity contribution in [1.82, 2.24) is 28.7 Å². The molecule has 1 aromatic carbocycles. The van der Waals surface area contributed by atoms with Crippen LogP contribution in [0.25, 0.3) is 16.6 Å². The van der Waals surface area contributed by atoms with E-state index in [1.54, 1.807) is 21.3 Å². The van der Waals surface area contributed by atoms with Crippen molar-refractivity contribution in [3.63, 3.8) is 0 Å². The van der Waals surface area contributed by atoms with Crippen molar-refractivity contribution in [3.8, 4) is 0 Å². The van der Waals surface area contributed by atoms with Crippen molar-refractivity contribution in [2.24, 2.45) is 0 Å². The minimum absolute atomic E-state index is 0.0916. The van der Waals surface area contributed by atoms with Crippen molar-refractivity contribution in [2.75, 3.05) is 5.73 Å². The molecule has 0 aliphatic carbocycles. The molecule has 4 heterocycles. The van der Waals surface area contributed by atoms with Crippen LogP contribution in [0.3, 0.4) is 0 Å². The Bertz CT molecular complexity index is 1430. The standard InChI is InChI=1S/C21H18BrN7O/c1-13(14-6-3-2-4-7-14)29-17(26-28-9-5-8-16(28)21(29)30)11-27-10-15(22)18-19(23)24-12-25-20(18)27/h2-10,12-13H,11H2,1H3,(H2,23,24,25)/t13-/m0/s1. The van der Waals surface area contributed by atoms with Crippen LogP contribution in [0.1, 0.15) is 24.4 Å². The fraction of sp³-hybridized carbons (Fsp3) is 0.143. The molecule has 0 aliphatic heterocycles. The first kappa shape index (κ1) is 18.6. The largest absolute Gasteiger partial charge is 0.383 e. The number of hydrogen-bond acceptors (Lipinski definition) is 5. The highest BCUT2D eigenvalue weighted by Crippen LogP contribution is 2.29. The average molecular weight is 464 g/mol. The fourth-order valence-corrected chi connectivity index (χ4v) is 4.43. The second kappa shape index (κ2) is 7.10. The number of nitrogen functional groups attached to an aromatic ring is 1. The smallest absolute Gasteiger partial charge is 0.278 e. The molecule has 0 saturated heterocycles. The maximum atomic E-state index is 13.4. The van der Waals surface area contributed by atoms with Crippen LogP contribution < -0.4 is 11.3 Å². The van der Waals surface area contributed by atoms with E-state index in [0.717, 1.165) is 15.4 Å². The zero-order chi connectivity index (χ0) is 20.8. The molecule has 150 valence electrons. The maximum absolute atomic E-state index is 13.4. The highest BCUT2D eigenvalue weighted by molar-refractivity contribution is 9.10. The first-order valence-electron chi connectivity index (χ1n) is 9.43. The molecule has 0 unspecified atom stereocenters. The maximum Gasteiger partial charge on any atom is 0.278 e. The molecule has 0 fully saturated rings. The number of aromatic nitrogens is 6. The summed E-state index contributed by atoms with van der Waals surface area (Å²) in [4.78, 5) is 21.8. The quantitative estimate of drug-likeness (QED) is 0.441. The van der Waals surface area contributed by atoms with E-state index in [2.05, 4.69) is 25.9 Å². The molecule has 8 nitrogen and oxygen atoms in total. The topological polar surface area (TPSA) is 96.0 Å². The van der Waals surface area contributed by atoms with Gasteiger partial charge in [0.2, 0.25) is 0 Å². The first-order chi connectivity index (χ1) is 14.5. The molecule has 5 rings (SSSR count). The Hall–Kier alpha value is -3.46. The Morgan fingerprint density at radius 2 is 1.93 bits per heavy atom. The monoisotopic (exact) mass is 463 g/mol. The summed E-state index contributed by atoms with van der Waals surface area (Å²) in [5, 5.41) is 5.49. The molecule has 9 heteroatoms. The van der Waals surface area contributed by atoms with E-state index in [1.807, 2.05) is 54.1 Å². The number of fused-ring (bicyclic) bond motifs is 2. The molecular formula is C21H18BrN7O. The minimum atomic E-state index is -0.189. The molecule has 2 N–H and O–H groups in total. The number of anilines is 1. The minimum Gasteiger partial charge on any atom is -0.383 e. The first-order valence-corrected chi connectivity index (χ1v) is 10.2. The van der Waals surface area contributed by atoms with Crippen LogP contribution >= 0.6 is 15.9 Å². The molecule has 4 aromatic heterocycles. The van der Waals surface area contributed by atoms with Gasteiger partial charge in [-0.15, -0.1) is 0 Å². The Kier molecular flexibility index (Phi) is 4.39. The van der Waals surface area contributed by atoms with Crippen molar-refractivity contribution in [2.45, 2.75) is 19.5 Å². The molecular weight excluding hydrogens is 446 g/mol. The summed E-state index contributed by atoms with van der Waals surface area (Å²) in [7, 11) is 0. The summed E-state index contributed by atoms with van der Waals surface area (Å²) in [6, 6.07) is 13.3. The number of nitrogens with two attached hydrogens (primary N) is 1. The van der Waals surface area contributed by atoms with Crippen LogP contribution in [-0.4, -0.2) is 28.7 Å². The summed E-state index contributed by atoms with van der Waals surface area (Å²) < 4.78 is 6.08. The highest BCUT2D eigenvalue weighted by atomic mass is 79.9. The van der Waals surface area contributed by atoms with Crippen LogP contribution in [0.2, 0.25) is 0 Å². The van der Waals surface area contributed by atoms with Crippen molar-refractivity contribution >= 4 is 38.3 Å². The van der Waals surface area contributed by atoms with E-state index in [9.17, 15) is 4.79 Å². The van der Waals surface area contributed by atoms with Crippen LogP contribution in [0.4, 0.5) is 5.82 Å². The van der Waals surface area contributed by atoms with E-state index in [0.29, 0.717) is 29.4 Å². The Labute approximate surface area is 179 Å². The van der Waals surface area contributed by atoms with Gasteiger partial charge in [0, 0.05) is 16.9 Å². The second-order valence-electron chi connectivity index (χ2n) is 7.08. The number of nitrogens with zero attached hydrogens (tertiary/aromatic N) is 6. The van der Waals surface area contributed by atoms with Crippen LogP contribution in [0.15, 0.2) is 70.5 Å². The van der Waals surface area contributed by atoms with Crippen molar-refractivity contribution in [3.05, 3.63) is 87.4 Å². The third-order valence-electron chi connectivity index (χ3n) is 5.29. The Morgan fingerprint density at radius 3 is 2.73 bits per heavy atom. The molecule has 1 atom stereocenters. The number of rotatable bonds is 4. The number of benzene rings is 1. The third-order valence-corrected chi connectivity index (χ3v) is 5.89. The van der Waals surface area contributed by atoms with Gasteiger partial charge in [0.15, 0.2) is 5.82 Å². The van der Waals surface area contributed by atoms with E-state index < -0.39 is 0 Å². The zero-order valence-corrected chi connectivity index (χ0v) is 17.7. The lowest BCUT2D eigenvalue weighted by molar-refractivity contribution is 0.534. The van der Waals surface area contributed by atoms with E-state index in [1.165, 1.54) is 6.33 Å². The molecule has 0 bridgehead atoms. The van der Waals surface area contributed by atoms with Gasteiger partial charge in [0.1, 0.15) is 23.3 Å². The SMILES string of the molecule is C[C@@H](c1ccccc1)n1c(Cn2cc(Br)c3c(N)ncnc32)nn2cccc2c1=O. The van der Waals surface area contributed by atoms with E-state index in [4.69, 9.17) is 10.8 Å². The van der Waals surface area contributed by atoms with E-state index >= 15 is 0 Å². The fourth-order valence-electron chi connectivity index (χ4n) is 3.80. The lowest BCUT2D eigenvalue weighted by atomic mass is 10.1. The van der Waals surface area contributed by atoms with Gasteiger partial charge < -0.3 is 10.3 Å². The predicted molar refractivity (Wildman–Crippen MR) is 118 cm³/mol. The summed E-state index contributed by atoms with van der Waals surface area (Å²) in [5.41, 5.74) is 8.18. The molecule has 0 amide bonds. The molecule has 30 heavy (non-hydrogen) atoms. The predicted octanol–water partition coefficient (Wildman–Crippen LogP) is 3.24. The highest BCUT2D eigenvalue weighted by Gasteiger charge is 2.20. The molecule has 0 saturated carbocycles. The number of halogens is 1. The second-order valence-corrected chi connectivity index (χ2v) is 7.93. The van der Waals surface area contributed by atoms with Crippen molar-refractivity contribution in [1.29, 1.82) is 0 Å². The third kappa shape index (κ3) is 2.89. The zero-order valence-electron chi connectivity index (χ0n) is 16.1. The molecule has 0 aliphatic rings.